The zero-order valence-electron chi connectivity index (χ0n) is 11.4. The fraction of sp³-hybridized carbons (Fsp3) is 0.125. The van der Waals surface area contributed by atoms with Gasteiger partial charge in [0.2, 0.25) is 0 Å². The minimum Gasteiger partial charge on any atom is -0.378 e. The van der Waals surface area contributed by atoms with Crippen molar-refractivity contribution in [2.24, 2.45) is 5.73 Å². The van der Waals surface area contributed by atoms with E-state index in [-0.39, 0.29) is 6.04 Å². The number of carbonyl (C=O) groups is 1. The summed E-state index contributed by atoms with van der Waals surface area (Å²) in [7, 11) is 0. The molecule has 1 unspecified atom stereocenters. The lowest BCUT2D eigenvalue weighted by Crippen LogP contribution is -2.21. The Bertz CT molecular complexity index is 696. The van der Waals surface area contributed by atoms with E-state index in [2.05, 4.69) is 15.6 Å². The van der Waals surface area contributed by atoms with E-state index in [0.29, 0.717) is 6.54 Å². The van der Waals surface area contributed by atoms with Crippen molar-refractivity contribution in [3.05, 3.63) is 59.4 Å². The molecule has 0 bridgehead atoms. The Hall–Kier alpha value is -2.66. The van der Waals surface area contributed by atoms with Gasteiger partial charge in [0.05, 0.1) is 0 Å². The van der Waals surface area contributed by atoms with Gasteiger partial charge in [0, 0.05) is 24.0 Å². The molecule has 1 atom stereocenters. The van der Waals surface area contributed by atoms with Crippen molar-refractivity contribution in [3.8, 4) is 0 Å². The van der Waals surface area contributed by atoms with Crippen molar-refractivity contribution in [2.45, 2.75) is 12.6 Å². The van der Waals surface area contributed by atoms with Crippen LogP contribution in [0.25, 0.3) is 6.08 Å². The zero-order chi connectivity index (χ0) is 14.7. The monoisotopic (exact) mass is 280 g/mol. The number of nitrogens with zero attached hydrogens (tertiary/aromatic N) is 1. The molecule has 1 aromatic heterocycles. The van der Waals surface area contributed by atoms with Crippen molar-refractivity contribution < 1.29 is 4.79 Å². The number of hydrogen-bond donors (Lipinski definition) is 3. The van der Waals surface area contributed by atoms with Gasteiger partial charge in [-0.2, -0.15) is 0 Å². The number of aromatic nitrogens is 1. The third-order valence-corrected chi connectivity index (χ3v) is 3.48. The van der Waals surface area contributed by atoms with Gasteiger partial charge in [0.15, 0.2) is 0 Å². The number of rotatable bonds is 4. The standard InChI is InChI=1S/C16H16N4O/c17-8-12-3-1-2-4-14(12)20-16-7-11-5-6-18-15(10-21)13(11)9-19-16/h1-7,9-10,15,18H,8,17H2,(H,19,20). The normalized spacial score (nSPS) is 16.0. The Morgan fingerprint density at radius 2 is 2.24 bits per heavy atom. The van der Waals surface area contributed by atoms with E-state index in [4.69, 9.17) is 5.73 Å². The highest BCUT2D eigenvalue weighted by molar-refractivity contribution is 5.72. The highest BCUT2D eigenvalue weighted by atomic mass is 16.1. The van der Waals surface area contributed by atoms with Crippen LogP contribution in [0.1, 0.15) is 22.7 Å². The van der Waals surface area contributed by atoms with Crippen molar-refractivity contribution in [2.75, 3.05) is 5.32 Å². The van der Waals surface area contributed by atoms with E-state index >= 15 is 0 Å². The number of hydrogen-bond acceptors (Lipinski definition) is 5. The average molecular weight is 280 g/mol. The number of anilines is 2. The van der Waals surface area contributed by atoms with E-state index in [1.807, 2.05) is 36.4 Å². The predicted octanol–water partition coefficient (Wildman–Crippen LogP) is 2.10. The Balaban J connectivity index is 1.91. The highest BCUT2D eigenvalue weighted by Crippen LogP contribution is 2.26. The summed E-state index contributed by atoms with van der Waals surface area (Å²) in [6.07, 6.45) is 6.30. The second kappa shape index (κ2) is 5.76. The number of nitrogens with two attached hydrogens (primary N) is 1. The van der Waals surface area contributed by atoms with E-state index in [0.717, 1.165) is 34.5 Å². The summed E-state index contributed by atoms with van der Waals surface area (Å²) >= 11 is 0. The second-order valence-electron chi connectivity index (χ2n) is 4.80. The molecule has 1 aliphatic rings. The van der Waals surface area contributed by atoms with Gasteiger partial charge in [-0.25, -0.2) is 4.98 Å². The fourth-order valence-electron chi connectivity index (χ4n) is 2.36. The van der Waals surface area contributed by atoms with Gasteiger partial charge in [-0.05, 0) is 35.5 Å². The summed E-state index contributed by atoms with van der Waals surface area (Å²) in [6, 6.07) is 9.45. The second-order valence-corrected chi connectivity index (χ2v) is 4.80. The van der Waals surface area contributed by atoms with Crippen LogP contribution in [-0.4, -0.2) is 11.3 Å². The van der Waals surface area contributed by atoms with Crippen LogP contribution in [0.2, 0.25) is 0 Å². The fourth-order valence-corrected chi connectivity index (χ4v) is 2.36. The molecule has 5 nitrogen and oxygen atoms in total. The smallest absolute Gasteiger partial charge is 0.146 e. The third-order valence-electron chi connectivity index (χ3n) is 3.48. The van der Waals surface area contributed by atoms with Gasteiger partial charge >= 0.3 is 0 Å². The Morgan fingerprint density at radius 3 is 3.05 bits per heavy atom. The van der Waals surface area contributed by atoms with Crippen LogP contribution in [0.3, 0.4) is 0 Å². The first-order valence-corrected chi connectivity index (χ1v) is 6.74. The molecule has 1 aromatic carbocycles. The van der Waals surface area contributed by atoms with Gasteiger partial charge < -0.3 is 21.2 Å². The summed E-state index contributed by atoms with van der Waals surface area (Å²) in [5, 5.41) is 6.26. The first kappa shape index (κ1) is 13.3. The number of pyridine rings is 1. The van der Waals surface area contributed by atoms with E-state index < -0.39 is 0 Å². The lowest BCUT2D eigenvalue weighted by Gasteiger charge is -2.19. The summed E-state index contributed by atoms with van der Waals surface area (Å²) in [6.45, 7) is 0.463. The maximum Gasteiger partial charge on any atom is 0.146 e. The van der Waals surface area contributed by atoms with Crippen LogP contribution in [0.5, 0.6) is 0 Å². The molecular formula is C16H16N4O. The van der Waals surface area contributed by atoms with Gasteiger partial charge in [-0.3, -0.25) is 0 Å². The number of aldehydes is 1. The molecule has 0 fully saturated rings. The highest BCUT2D eigenvalue weighted by Gasteiger charge is 2.16. The van der Waals surface area contributed by atoms with Crippen molar-refractivity contribution >= 4 is 23.9 Å². The van der Waals surface area contributed by atoms with Crippen LogP contribution in [-0.2, 0) is 11.3 Å². The lowest BCUT2D eigenvalue weighted by molar-refractivity contribution is -0.109. The quantitative estimate of drug-likeness (QED) is 0.747. The summed E-state index contributed by atoms with van der Waals surface area (Å²) in [5.74, 6) is 0.728. The Kier molecular flexibility index (Phi) is 3.66. The molecule has 21 heavy (non-hydrogen) atoms. The van der Waals surface area contributed by atoms with Crippen molar-refractivity contribution in [3.63, 3.8) is 0 Å². The van der Waals surface area contributed by atoms with E-state index in [1.54, 1.807) is 12.4 Å². The molecule has 5 heteroatoms. The SMILES string of the molecule is NCc1ccccc1Nc1cc2c(cn1)C(C=O)NC=C2. The van der Waals surface area contributed by atoms with Crippen LogP contribution in [0.4, 0.5) is 11.5 Å². The molecule has 0 amide bonds. The number of para-hydroxylation sites is 1. The third kappa shape index (κ3) is 2.64. The molecular weight excluding hydrogens is 264 g/mol. The number of fused-ring (bicyclic) bond motifs is 1. The number of benzene rings is 1. The Labute approximate surface area is 122 Å². The van der Waals surface area contributed by atoms with Crippen LogP contribution in [0, 0.1) is 0 Å². The predicted molar refractivity (Wildman–Crippen MR) is 82.8 cm³/mol. The Morgan fingerprint density at radius 1 is 1.38 bits per heavy atom. The molecule has 0 radical (unpaired) electrons. The largest absolute Gasteiger partial charge is 0.378 e. The van der Waals surface area contributed by atoms with Crippen molar-refractivity contribution in [1.82, 2.24) is 10.3 Å². The molecule has 106 valence electrons. The average Bonchev–Trinajstić information content (AvgIpc) is 2.54. The number of carbonyl (C=O) groups excluding carboxylic acids is 1. The minimum atomic E-state index is -0.331. The summed E-state index contributed by atoms with van der Waals surface area (Å²) in [4.78, 5) is 15.4. The molecule has 0 saturated heterocycles. The molecule has 0 aliphatic carbocycles. The molecule has 2 aromatic rings. The van der Waals surface area contributed by atoms with Gasteiger partial charge in [-0.1, -0.05) is 18.2 Å². The molecule has 4 N–H and O–H groups in total. The van der Waals surface area contributed by atoms with Crippen LogP contribution in [0.15, 0.2) is 42.7 Å². The van der Waals surface area contributed by atoms with E-state index in [9.17, 15) is 4.79 Å². The number of nitrogens with one attached hydrogen (secondary N) is 2. The molecule has 3 rings (SSSR count). The first-order chi connectivity index (χ1) is 10.3. The van der Waals surface area contributed by atoms with Crippen LogP contribution < -0.4 is 16.4 Å². The van der Waals surface area contributed by atoms with Crippen molar-refractivity contribution in [1.29, 1.82) is 0 Å². The maximum absolute atomic E-state index is 11.0. The molecule has 0 saturated carbocycles. The zero-order valence-corrected chi connectivity index (χ0v) is 11.4. The molecule has 0 spiro atoms. The summed E-state index contributed by atoms with van der Waals surface area (Å²) < 4.78 is 0. The van der Waals surface area contributed by atoms with Gasteiger partial charge in [-0.15, -0.1) is 0 Å². The maximum atomic E-state index is 11.0. The van der Waals surface area contributed by atoms with Crippen LogP contribution >= 0.6 is 0 Å². The topological polar surface area (TPSA) is 80.0 Å². The summed E-state index contributed by atoms with van der Waals surface area (Å²) in [5.41, 5.74) is 9.56. The van der Waals surface area contributed by atoms with E-state index in [1.165, 1.54) is 0 Å². The first-order valence-electron chi connectivity index (χ1n) is 6.74. The van der Waals surface area contributed by atoms with Gasteiger partial charge in [0.1, 0.15) is 18.1 Å². The lowest BCUT2D eigenvalue weighted by atomic mass is 10.0. The molecule has 1 aliphatic heterocycles. The van der Waals surface area contributed by atoms with Gasteiger partial charge in [0.25, 0.3) is 0 Å². The molecule has 2 heterocycles. The minimum absolute atomic E-state index is 0.331.